The van der Waals surface area contributed by atoms with Crippen molar-refractivity contribution in [2.45, 2.75) is 6.10 Å². The molecule has 0 fully saturated rings. The Bertz CT molecular complexity index is 680. The molecule has 0 spiro atoms. The molecule has 27 heavy (non-hydrogen) atoms. The molecule has 0 aliphatic rings. The van der Waals surface area contributed by atoms with Gasteiger partial charge >= 0.3 is 15.2 Å². The van der Waals surface area contributed by atoms with Gasteiger partial charge in [0.15, 0.2) is 0 Å². The van der Waals surface area contributed by atoms with Crippen LogP contribution < -0.4 is 15.2 Å². The Morgan fingerprint density at radius 3 is 2.15 bits per heavy atom. The molecule has 7 N–H and O–H groups in total. The molecule has 1 atom stereocenters. The Hall–Kier alpha value is -1.34. The molecule has 1 aromatic heterocycles. The van der Waals surface area contributed by atoms with Crippen LogP contribution in [-0.4, -0.2) is 79.9 Å². The topological polar surface area (TPSA) is 224 Å². The Morgan fingerprint density at radius 1 is 1.00 bits per heavy atom. The number of hydrogen-bond donors (Lipinski definition) is 6. The van der Waals surface area contributed by atoms with E-state index in [2.05, 4.69) is 9.97 Å². The number of nitrogens with two attached hydrogens (primary N) is 1. The predicted molar refractivity (Wildman–Crippen MR) is 89.2 cm³/mol. The molecule has 0 saturated carbocycles. The first-order valence-corrected chi connectivity index (χ1v) is 10.9. The number of anilines is 1. The van der Waals surface area contributed by atoms with Crippen LogP contribution >= 0.6 is 15.2 Å². The summed E-state index contributed by atoms with van der Waals surface area (Å²) in [5, 5.41) is 9.12. The summed E-state index contributed by atoms with van der Waals surface area (Å²) in [6.07, 6.45) is -2.64. The first-order valence-electron chi connectivity index (χ1n) is 7.28. The SMILES string of the molecule is Nc1nc(OCCOCP(=O)(O)O)cc(OC[C@H](CO)OCP(=O)(O)O)n1. The summed E-state index contributed by atoms with van der Waals surface area (Å²) in [6, 6.07) is 1.25. The number of rotatable bonds is 13. The number of nitrogens with zero attached hydrogens (tertiary/aromatic N) is 2. The summed E-state index contributed by atoms with van der Waals surface area (Å²) in [7, 11) is -8.64. The maximum Gasteiger partial charge on any atom is 0.350 e. The van der Waals surface area contributed by atoms with E-state index in [0.29, 0.717) is 0 Å². The largest absolute Gasteiger partial charge is 0.475 e. The highest BCUT2D eigenvalue weighted by Gasteiger charge is 2.18. The molecule has 14 nitrogen and oxygen atoms in total. The average molecular weight is 433 g/mol. The van der Waals surface area contributed by atoms with E-state index in [1.165, 1.54) is 6.07 Å². The lowest BCUT2D eigenvalue weighted by Gasteiger charge is -2.16. The molecule has 0 unspecified atom stereocenters. The lowest BCUT2D eigenvalue weighted by Crippen LogP contribution is -2.26. The van der Waals surface area contributed by atoms with Gasteiger partial charge in [-0.25, -0.2) is 0 Å². The second-order valence-electron chi connectivity index (χ2n) is 5.03. The average Bonchev–Trinajstić information content (AvgIpc) is 2.52. The van der Waals surface area contributed by atoms with Gasteiger partial charge in [0, 0.05) is 0 Å². The van der Waals surface area contributed by atoms with E-state index in [4.69, 9.17) is 49.4 Å². The van der Waals surface area contributed by atoms with Gasteiger partial charge < -0.3 is 49.4 Å². The molecule has 1 rings (SSSR count). The number of ether oxygens (including phenoxy) is 4. The van der Waals surface area contributed by atoms with Crippen molar-refractivity contribution in [2.75, 3.05) is 44.9 Å². The van der Waals surface area contributed by atoms with Gasteiger partial charge in [-0.2, -0.15) is 9.97 Å². The minimum Gasteiger partial charge on any atom is -0.475 e. The van der Waals surface area contributed by atoms with Gasteiger partial charge in [-0.3, -0.25) is 9.13 Å². The van der Waals surface area contributed by atoms with Crippen molar-refractivity contribution in [3.8, 4) is 11.8 Å². The van der Waals surface area contributed by atoms with Crippen molar-refractivity contribution in [3.63, 3.8) is 0 Å². The zero-order valence-corrected chi connectivity index (χ0v) is 15.7. The minimum absolute atomic E-state index is 0.00559. The van der Waals surface area contributed by atoms with Gasteiger partial charge in [-0.05, 0) is 0 Å². The van der Waals surface area contributed by atoms with Crippen LogP contribution in [0.1, 0.15) is 0 Å². The number of hydrogen-bond acceptors (Lipinski definition) is 10. The first kappa shape index (κ1) is 23.7. The molecule has 0 radical (unpaired) electrons. The van der Waals surface area contributed by atoms with Gasteiger partial charge in [0.1, 0.15) is 32.0 Å². The fourth-order valence-electron chi connectivity index (χ4n) is 1.49. The second kappa shape index (κ2) is 10.9. The van der Waals surface area contributed by atoms with E-state index < -0.39 is 40.6 Å². The number of nitrogen functional groups attached to an aromatic ring is 1. The smallest absolute Gasteiger partial charge is 0.350 e. The van der Waals surface area contributed by atoms with Crippen LogP contribution in [0.3, 0.4) is 0 Å². The van der Waals surface area contributed by atoms with Crippen molar-refractivity contribution < 1.29 is 52.8 Å². The van der Waals surface area contributed by atoms with Crippen molar-refractivity contribution in [1.82, 2.24) is 9.97 Å². The highest BCUT2D eigenvalue weighted by molar-refractivity contribution is 7.51. The zero-order chi connectivity index (χ0) is 20.5. The fourth-order valence-corrected chi connectivity index (χ4v) is 2.26. The van der Waals surface area contributed by atoms with Crippen molar-refractivity contribution in [1.29, 1.82) is 0 Å². The lowest BCUT2D eigenvalue weighted by atomic mass is 10.4. The van der Waals surface area contributed by atoms with Crippen LogP contribution in [-0.2, 0) is 18.6 Å². The van der Waals surface area contributed by atoms with E-state index in [0.717, 1.165) is 0 Å². The van der Waals surface area contributed by atoms with E-state index in [1.807, 2.05) is 0 Å². The summed E-state index contributed by atoms with van der Waals surface area (Å²) >= 11 is 0. The van der Waals surface area contributed by atoms with E-state index in [9.17, 15) is 9.13 Å². The molecule has 0 amide bonds. The zero-order valence-electron chi connectivity index (χ0n) is 13.9. The third kappa shape index (κ3) is 11.9. The van der Waals surface area contributed by atoms with Gasteiger partial charge in [0.25, 0.3) is 0 Å². The van der Waals surface area contributed by atoms with Crippen molar-refractivity contribution >= 4 is 21.1 Å². The molecule has 0 aliphatic heterocycles. The van der Waals surface area contributed by atoms with Crippen LogP contribution in [0.25, 0.3) is 0 Å². The number of aliphatic hydroxyl groups excluding tert-OH is 1. The van der Waals surface area contributed by atoms with Crippen molar-refractivity contribution in [2.24, 2.45) is 0 Å². The standard InChI is InChI=1S/C11H21N3O11P2/c12-11-13-9(23-2-1-22-6-26(16,17)18)3-10(14-11)24-5-8(4-15)25-7-27(19,20)21/h3,8,15H,1-2,4-7H2,(H2,12,13,14)(H2,16,17,18)(H2,19,20,21)/t8-/m0/s1. The Labute approximate surface area is 153 Å². The minimum atomic E-state index is -4.39. The second-order valence-corrected chi connectivity index (χ2v) is 8.20. The third-order valence-corrected chi connectivity index (χ3v) is 3.54. The Morgan fingerprint density at radius 2 is 1.59 bits per heavy atom. The molecule has 0 saturated heterocycles. The molecule has 156 valence electrons. The highest BCUT2D eigenvalue weighted by Crippen LogP contribution is 2.34. The monoisotopic (exact) mass is 433 g/mol. The molecule has 1 heterocycles. The van der Waals surface area contributed by atoms with Gasteiger partial charge in [0.2, 0.25) is 17.7 Å². The molecule has 16 heteroatoms. The molecule has 0 aliphatic carbocycles. The molecule has 1 aromatic rings. The van der Waals surface area contributed by atoms with Crippen LogP contribution in [0.15, 0.2) is 6.07 Å². The van der Waals surface area contributed by atoms with E-state index in [-0.39, 0.29) is 37.5 Å². The third-order valence-electron chi connectivity index (χ3n) is 2.53. The molecule has 0 aromatic carbocycles. The van der Waals surface area contributed by atoms with Crippen molar-refractivity contribution in [3.05, 3.63) is 6.07 Å². The van der Waals surface area contributed by atoms with Crippen LogP contribution in [0.5, 0.6) is 11.8 Å². The number of aromatic nitrogens is 2. The normalized spacial score (nSPS) is 13.4. The summed E-state index contributed by atoms with van der Waals surface area (Å²) in [5.74, 6) is -0.254. The maximum atomic E-state index is 10.8. The lowest BCUT2D eigenvalue weighted by molar-refractivity contribution is 0.000419. The van der Waals surface area contributed by atoms with Crippen LogP contribution in [0.4, 0.5) is 5.95 Å². The summed E-state index contributed by atoms with van der Waals surface area (Å²) in [4.78, 5) is 42.3. The molecule has 0 bridgehead atoms. The quantitative estimate of drug-likeness (QED) is 0.153. The fraction of sp³-hybridized carbons (Fsp3) is 0.636. The Balaban J connectivity index is 2.49. The van der Waals surface area contributed by atoms with Gasteiger partial charge in [-0.1, -0.05) is 0 Å². The van der Waals surface area contributed by atoms with Gasteiger partial charge in [0.05, 0.1) is 19.3 Å². The summed E-state index contributed by atoms with van der Waals surface area (Å²) in [6.45, 7) is -1.03. The summed E-state index contributed by atoms with van der Waals surface area (Å²) in [5.41, 5.74) is 5.50. The van der Waals surface area contributed by atoms with E-state index >= 15 is 0 Å². The maximum absolute atomic E-state index is 10.8. The van der Waals surface area contributed by atoms with E-state index in [1.54, 1.807) is 0 Å². The highest BCUT2D eigenvalue weighted by atomic mass is 31.2. The Kier molecular flexibility index (Phi) is 9.53. The molecular formula is C11H21N3O11P2. The van der Waals surface area contributed by atoms with Crippen LogP contribution in [0, 0.1) is 0 Å². The number of aliphatic hydroxyl groups is 1. The van der Waals surface area contributed by atoms with Gasteiger partial charge in [-0.15, -0.1) is 0 Å². The predicted octanol–water partition coefficient (Wildman–Crippen LogP) is -1.52. The first-order chi connectivity index (χ1) is 12.5. The van der Waals surface area contributed by atoms with Crippen LogP contribution in [0.2, 0.25) is 0 Å². The summed E-state index contributed by atoms with van der Waals surface area (Å²) < 4.78 is 41.4. The molecular weight excluding hydrogens is 412 g/mol.